The van der Waals surface area contributed by atoms with Crippen LogP contribution >= 0.6 is 0 Å². The highest BCUT2D eigenvalue weighted by Gasteiger charge is 2.40. The summed E-state index contributed by atoms with van der Waals surface area (Å²) in [5.41, 5.74) is 0. The van der Waals surface area contributed by atoms with E-state index in [-0.39, 0.29) is 30.7 Å². The Morgan fingerprint density at radius 2 is 1.88 bits per heavy atom. The Bertz CT molecular complexity index is 538. The smallest absolute Gasteiger partial charge is 0.308 e. The van der Waals surface area contributed by atoms with Crippen molar-refractivity contribution in [3.8, 4) is 0 Å². The fourth-order valence-electron chi connectivity index (χ4n) is 4.52. The number of carboxylic acids is 1. The summed E-state index contributed by atoms with van der Waals surface area (Å²) in [6.45, 7) is 6.33. The van der Waals surface area contributed by atoms with Crippen molar-refractivity contribution in [2.24, 2.45) is 11.8 Å². The van der Waals surface area contributed by atoms with Crippen LogP contribution in [0.3, 0.4) is 0 Å². The van der Waals surface area contributed by atoms with Gasteiger partial charge < -0.3 is 14.9 Å². The molecule has 0 saturated carbocycles. The highest BCUT2D eigenvalue weighted by molar-refractivity contribution is 5.89. The van der Waals surface area contributed by atoms with E-state index in [1.807, 2.05) is 4.90 Å². The highest BCUT2D eigenvalue weighted by atomic mass is 16.4. The largest absolute Gasteiger partial charge is 0.481 e. The van der Waals surface area contributed by atoms with Gasteiger partial charge in [-0.3, -0.25) is 19.3 Å². The molecule has 3 aliphatic rings. The van der Waals surface area contributed by atoms with E-state index in [2.05, 4.69) is 11.8 Å². The fraction of sp³-hybridized carbons (Fsp3) is 0.833. The van der Waals surface area contributed by atoms with E-state index >= 15 is 0 Å². The number of carbonyl (C=O) groups is 3. The standard InChI is InChI=1S/C18H29N3O4/c1-2-19-7-4-6-15(19)12-21-11-14(9-16(21)22)17(23)20-8-3-5-13(10-20)18(24)25/h13-15H,2-12H2,1H3,(H,24,25). The van der Waals surface area contributed by atoms with E-state index in [4.69, 9.17) is 0 Å². The third-order valence-corrected chi connectivity index (χ3v) is 5.98. The minimum atomic E-state index is -0.831. The van der Waals surface area contributed by atoms with Crippen molar-refractivity contribution in [1.29, 1.82) is 0 Å². The van der Waals surface area contributed by atoms with Crippen LogP contribution in [0.1, 0.15) is 39.0 Å². The van der Waals surface area contributed by atoms with Gasteiger partial charge in [0.25, 0.3) is 0 Å². The lowest BCUT2D eigenvalue weighted by Crippen LogP contribution is -2.46. The van der Waals surface area contributed by atoms with Gasteiger partial charge >= 0.3 is 5.97 Å². The number of rotatable bonds is 5. The molecule has 0 aliphatic carbocycles. The van der Waals surface area contributed by atoms with Crippen molar-refractivity contribution in [3.63, 3.8) is 0 Å². The number of aliphatic carboxylic acids is 1. The highest BCUT2D eigenvalue weighted by Crippen LogP contribution is 2.26. The van der Waals surface area contributed by atoms with Gasteiger partial charge in [0.05, 0.1) is 11.8 Å². The molecule has 0 bridgehead atoms. The molecule has 3 fully saturated rings. The van der Waals surface area contributed by atoms with Crippen LogP contribution in [0.4, 0.5) is 0 Å². The summed E-state index contributed by atoms with van der Waals surface area (Å²) in [4.78, 5) is 42.2. The molecule has 0 aromatic rings. The molecule has 140 valence electrons. The van der Waals surface area contributed by atoms with E-state index in [1.54, 1.807) is 4.90 Å². The first kappa shape index (κ1) is 18.2. The van der Waals surface area contributed by atoms with Gasteiger partial charge in [0.1, 0.15) is 0 Å². The molecule has 3 heterocycles. The maximum absolute atomic E-state index is 12.8. The predicted molar refractivity (Wildman–Crippen MR) is 91.9 cm³/mol. The monoisotopic (exact) mass is 351 g/mol. The van der Waals surface area contributed by atoms with Crippen molar-refractivity contribution >= 4 is 17.8 Å². The zero-order chi connectivity index (χ0) is 18.0. The molecular formula is C18H29N3O4. The van der Waals surface area contributed by atoms with Crippen LogP contribution in [-0.4, -0.2) is 82.9 Å². The Morgan fingerprint density at radius 1 is 1.12 bits per heavy atom. The zero-order valence-electron chi connectivity index (χ0n) is 15.0. The maximum atomic E-state index is 12.8. The van der Waals surface area contributed by atoms with E-state index < -0.39 is 11.9 Å². The molecule has 3 rings (SSSR count). The van der Waals surface area contributed by atoms with Crippen molar-refractivity contribution in [1.82, 2.24) is 14.7 Å². The Balaban J connectivity index is 1.56. The molecule has 7 nitrogen and oxygen atoms in total. The second kappa shape index (κ2) is 7.72. The molecule has 3 unspecified atom stereocenters. The SMILES string of the molecule is CCN1CCCC1CN1CC(C(=O)N2CCCC(C(=O)O)C2)CC1=O. The summed E-state index contributed by atoms with van der Waals surface area (Å²) in [5.74, 6) is -1.59. The number of hydrogen-bond donors (Lipinski definition) is 1. The molecular weight excluding hydrogens is 322 g/mol. The lowest BCUT2D eigenvalue weighted by Gasteiger charge is -2.32. The molecule has 0 aromatic carbocycles. The van der Waals surface area contributed by atoms with E-state index in [9.17, 15) is 19.5 Å². The van der Waals surface area contributed by atoms with Gasteiger partial charge in [-0.15, -0.1) is 0 Å². The van der Waals surface area contributed by atoms with Gasteiger partial charge in [0.2, 0.25) is 11.8 Å². The van der Waals surface area contributed by atoms with Crippen LogP contribution in [0.2, 0.25) is 0 Å². The second-order valence-corrected chi connectivity index (χ2v) is 7.59. The lowest BCUT2D eigenvalue weighted by molar-refractivity contribution is -0.146. The number of carbonyl (C=O) groups excluding carboxylic acids is 2. The van der Waals surface area contributed by atoms with Gasteiger partial charge in [0.15, 0.2) is 0 Å². The number of piperidine rings is 1. The van der Waals surface area contributed by atoms with Gasteiger partial charge in [-0.2, -0.15) is 0 Å². The van der Waals surface area contributed by atoms with Crippen molar-refractivity contribution < 1.29 is 19.5 Å². The number of carboxylic acid groups (broad SMARTS) is 1. The second-order valence-electron chi connectivity index (χ2n) is 7.59. The van der Waals surface area contributed by atoms with Gasteiger partial charge in [0, 0.05) is 38.6 Å². The molecule has 0 aromatic heterocycles. The summed E-state index contributed by atoms with van der Waals surface area (Å²) in [5, 5.41) is 9.19. The molecule has 7 heteroatoms. The Morgan fingerprint density at radius 3 is 2.60 bits per heavy atom. The number of hydrogen-bond acceptors (Lipinski definition) is 4. The van der Waals surface area contributed by atoms with Crippen LogP contribution in [-0.2, 0) is 14.4 Å². The van der Waals surface area contributed by atoms with E-state index in [0.717, 1.165) is 25.9 Å². The van der Waals surface area contributed by atoms with Crippen LogP contribution in [0.15, 0.2) is 0 Å². The molecule has 0 spiro atoms. The zero-order valence-corrected chi connectivity index (χ0v) is 15.0. The number of nitrogens with zero attached hydrogens (tertiary/aromatic N) is 3. The Hall–Kier alpha value is -1.63. The first-order valence-electron chi connectivity index (χ1n) is 9.53. The summed E-state index contributed by atoms with van der Waals surface area (Å²) in [6, 6.07) is 0.411. The average molecular weight is 351 g/mol. The lowest BCUT2D eigenvalue weighted by atomic mass is 9.96. The number of likely N-dealkylation sites (tertiary alicyclic amines) is 3. The molecule has 2 amide bonds. The first-order chi connectivity index (χ1) is 12.0. The summed E-state index contributed by atoms with van der Waals surface area (Å²) < 4.78 is 0. The molecule has 3 saturated heterocycles. The third kappa shape index (κ3) is 3.97. The minimum Gasteiger partial charge on any atom is -0.481 e. The van der Waals surface area contributed by atoms with Crippen LogP contribution in [0.25, 0.3) is 0 Å². The van der Waals surface area contributed by atoms with Crippen molar-refractivity contribution in [2.75, 3.05) is 39.3 Å². The topological polar surface area (TPSA) is 81.2 Å². The summed E-state index contributed by atoms with van der Waals surface area (Å²) >= 11 is 0. The number of amides is 2. The molecule has 3 atom stereocenters. The average Bonchev–Trinajstić information content (AvgIpc) is 3.21. The minimum absolute atomic E-state index is 0.0411. The van der Waals surface area contributed by atoms with Crippen molar-refractivity contribution in [3.05, 3.63) is 0 Å². The first-order valence-corrected chi connectivity index (χ1v) is 9.53. The van der Waals surface area contributed by atoms with Crippen molar-refractivity contribution in [2.45, 2.75) is 45.1 Å². The van der Waals surface area contributed by atoms with Crippen LogP contribution < -0.4 is 0 Å². The third-order valence-electron chi connectivity index (χ3n) is 5.98. The maximum Gasteiger partial charge on any atom is 0.308 e. The normalized spacial score (nSPS) is 30.9. The van der Waals surface area contributed by atoms with Crippen LogP contribution in [0.5, 0.6) is 0 Å². The van der Waals surface area contributed by atoms with E-state index in [1.165, 1.54) is 6.42 Å². The molecule has 25 heavy (non-hydrogen) atoms. The molecule has 0 radical (unpaired) electrons. The van der Waals surface area contributed by atoms with Crippen LogP contribution in [0, 0.1) is 11.8 Å². The van der Waals surface area contributed by atoms with E-state index in [0.29, 0.717) is 32.1 Å². The number of likely N-dealkylation sites (N-methyl/N-ethyl adjacent to an activating group) is 1. The van der Waals surface area contributed by atoms with Gasteiger partial charge in [-0.1, -0.05) is 6.92 Å². The Labute approximate surface area is 148 Å². The Kier molecular flexibility index (Phi) is 5.61. The predicted octanol–water partition coefficient (Wildman–Crippen LogP) is 0.642. The molecule has 1 N–H and O–H groups in total. The fourth-order valence-corrected chi connectivity index (χ4v) is 4.52. The summed E-state index contributed by atoms with van der Waals surface area (Å²) in [6.07, 6.45) is 3.91. The van der Waals surface area contributed by atoms with Gasteiger partial charge in [-0.05, 0) is 38.8 Å². The quantitative estimate of drug-likeness (QED) is 0.786. The van der Waals surface area contributed by atoms with Gasteiger partial charge in [-0.25, -0.2) is 0 Å². The summed E-state index contributed by atoms with van der Waals surface area (Å²) in [7, 11) is 0. The molecule has 3 aliphatic heterocycles.